The van der Waals surface area contributed by atoms with E-state index in [4.69, 9.17) is 11.6 Å². The van der Waals surface area contributed by atoms with Gasteiger partial charge in [0.25, 0.3) is 0 Å². The largest absolute Gasteiger partial charge is 0.368 e. The van der Waals surface area contributed by atoms with E-state index >= 15 is 0 Å². The molecule has 0 unspecified atom stereocenters. The molecule has 0 bridgehead atoms. The summed E-state index contributed by atoms with van der Waals surface area (Å²) < 4.78 is 1.23. The molecule has 0 amide bonds. The van der Waals surface area contributed by atoms with E-state index in [9.17, 15) is 0 Å². The van der Waals surface area contributed by atoms with Crippen molar-refractivity contribution in [2.45, 2.75) is 6.54 Å². The molecule has 0 N–H and O–H groups in total. The Bertz CT molecular complexity index is 579. The van der Waals surface area contributed by atoms with Gasteiger partial charge >= 0.3 is 0 Å². The topological polar surface area (TPSA) is 6.48 Å². The Labute approximate surface area is 137 Å². The Kier molecular flexibility index (Phi) is 4.66. The van der Waals surface area contributed by atoms with Gasteiger partial charge in [-0.1, -0.05) is 23.7 Å². The fourth-order valence-corrected chi connectivity index (χ4v) is 4.27. The molecule has 1 saturated heterocycles. The standard InChI is InChI=1S/C15H16BrClN2S/c16-12-5-10-20-15(12)11-18-6-8-19(9-7-18)14-4-2-1-3-13(14)17/h1-5,10H,6-9,11H2. The van der Waals surface area contributed by atoms with Gasteiger partial charge in [-0.25, -0.2) is 0 Å². The van der Waals surface area contributed by atoms with Crippen LogP contribution in [0.25, 0.3) is 0 Å². The van der Waals surface area contributed by atoms with E-state index in [2.05, 4.69) is 49.3 Å². The lowest BCUT2D eigenvalue weighted by atomic mass is 10.2. The predicted molar refractivity (Wildman–Crippen MR) is 91.0 cm³/mol. The Morgan fingerprint density at radius 1 is 1.10 bits per heavy atom. The first-order valence-electron chi connectivity index (χ1n) is 6.68. The molecule has 0 aliphatic carbocycles. The number of para-hydroxylation sites is 1. The van der Waals surface area contributed by atoms with Crippen molar-refractivity contribution in [2.75, 3.05) is 31.1 Å². The van der Waals surface area contributed by atoms with Crippen LogP contribution in [0.3, 0.4) is 0 Å². The van der Waals surface area contributed by atoms with E-state index in [1.165, 1.54) is 9.35 Å². The molecule has 3 rings (SSSR count). The summed E-state index contributed by atoms with van der Waals surface area (Å²) in [6.45, 7) is 5.26. The van der Waals surface area contributed by atoms with E-state index in [-0.39, 0.29) is 0 Å². The Hall–Kier alpha value is -0.550. The van der Waals surface area contributed by atoms with Crippen molar-refractivity contribution in [3.63, 3.8) is 0 Å². The van der Waals surface area contributed by atoms with Crippen molar-refractivity contribution in [1.82, 2.24) is 4.90 Å². The van der Waals surface area contributed by atoms with Gasteiger partial charge in [-0.05, 0) is 39.5 Å². The average molecular weight is 372 g/mol. The van der Waals surface area contributed by atoms with Gasteiger partial charge in [0.05, 0.1) is 10.7 Å². The molecule has 1 aliphatic rings. The number of piperazine rings is 1. The second-order valence-electron chi connectivity index (χ2n) is 4.91. The number of thiophene rings is 1. The Balaban J connectivity index is 1.60. The second-order valence-corrected chi connectivity index (χ2v) is 7.17. The maximum absolute atomic E-state index is 6.27. The van der Waals surface area contributed by atoms with Gasteiger partial charge < -0.3 is 4.90 Å². The number of halogens is 2. The van der Waals surface area contributed by atoms with Crippen LogP contribution in [0.15, 0.2) is 40.2 Å². The summed E-state index contributed by atoms with van der Waals surface area (Å²) in [4.78, 5) is 6.29. The Morgan fingerprint density at radius 3 is 2.50 bits per heavy atom. The lowest BCUT2D eigenvalue weighted by molar-refractivity contribution is 0.251. The molecule has 106 valence electrons. The molecule has 2 nitrogen and oxygen atoms in total. The maximum atomic E-state index is 6.27. The highest BCUT2D eigenvalue weighted by atomic mass is 79.9. The molecule has 5 heteroatoms. The molecule has 0 saturated carbocycles. The third kappa shape index (κ3) is 3.19. The first-order chi connectivity index (χ1) is 9.74. The van der Waals surface area contributed by atoms with E-state index < -0.39 is 0 Å². The van der Waals surface area contributed by atoms with Crippen LogP contribution in [-0.4, -0.2) is 31.1 Å². The summed E-state index contributed by atoms with van der Waals surface area (Å²) in [6, 6.07) is 10.2. The predicted octanol–water partition coefficient (Wildman–Crippen LogP) is 4.49. The van der Waals surface area contributed by atoms with E-state index in [1.54, 1.807) is 0 Å². The summed E-state index contributed by atoms with van der Waals surface area (Å²) in [5.74, 6) is 0. The zero-order valence-corrected chi connectivity index (χ0v) is 14.2. The highest BCUT2D eigenvalue weighted by Crippen LogP contribution is 2.28. The molecule has 1 aromatic carbocycles. The number of hydrogen-bond acceptors (Lipinski definition) is 3. The van der Waals surface area contributed by atoms with Crippen LogP contribution in [0.1, 0.15) is 4.88 Å². The molecule has 2 aromatic rings. The first-order valence-corrected chi connectivity index (χ1v) is 8.73. The lowest BCUT2D eigenvalue weighted by Gasteiger charge is -2.36. The van der Waals surface area contributed by atoms with Gasteiger partial charge in [-0.15, -0.1) is 11.3 Å². The van der Waals surface area contributed by atoms with Crippen LogP contribution in [0.2, 0.25) is 5.02 Å². The summed E-state index contributed by atoms with van der Waals surface area (Å²) in [5, 5.41) is 2.99. The van der Waals surface area contributed by atoms with Crippen LogP contribution in [-0.2, 0) is 6.54 Å². The second kappa shape index (κ2) is 6.48. The number of hydrogen-bond donors (Lipinski definition) is 0. The summed E-state index contributed by atoms with van der Waals surface area (Å²) in [7, 11) is 0. The molecule has 1 fully saturated rings. The number of rotatable bonds is 3. The zero-order valence-electron chi connectivity index (χ0n) is 11.1. The molecule has 2 heterocycles. The molecule has 0 spiro atoms. The van der Waals surface area contributed by atoms with Crippen molar-refractivity contribution in [1.29, 1.82) is 0 Å². The molecular formula is C15H16BrClN2S. The molecule has 0 radical (unpaired) electrons. The molecule has 20 heavy (non-hydrogen) atoms. The lowest BCUT2D eigenvalue weighted by Crippen LogP contribution is -2.46. The summed E-state index contributed by atoms with van der Waals surface area (Å²) in [6.07, 6.45) is 0. The molecule has 0 atom stereocenters. The minimum absolute atomic E-state index is 0.849. The van der Waals surface area contributed by atoms with Crippen LogP contribution in [0.5, 0.6) is 0 Å². The van der Waals surface area contributed by atoms with Crippen LogP contribution < -0.4 is 4.90 Å². The molecular weight excluding hydrogens is 356 g/mol. The SMILES string of the molecule is Clc1ccccc1N1CCN(Cc2sccc2Br)CC1. The smallest absolute Gasteiger partial charge is 0.0639 e. The number of benzene rings is 1. The van der Waals surface area contributed by atoms with Crippen molar-refractivity contribution in [3.8, 4) is 0 Å². The fraction of sp³-hybridized carbons (Fsp3) is 0.333. The van der Waals surface area contributed by atoms with Crippen LogP contribution in [0, 0.1) is 0 Å². The van der Waals surface area contributed by atoms with Crippen LogP contribution >= 0.6 is 38.9 Å². The maximum Gasteiger partial charge on any atom is 0.0639 e. The highest BCUT2D eigenvalue weighted by Gasteiger charge is 2.19. The van der Waals surface area contributed by atoms with Gasteiger partial charge in [0, 0.05) is 42.1 Å². The molecule has 1 aliphatic heterocycles. The summed E-state index contributed by atoms with van der Waals surface area (Å²) >= 11 is 11.7. The number of anilines is 1. The summed E-state index contributed by atoms with van der Waals surface area (Å²) in [5.41, 5.74) is 1.16. The quantitative estimate of drug-likeness (QED) is 0.784. The van der Waals surface area contributed by atoms with Gasteiger partial charge in [0.2, 0.25) is 0 Å². The first kappa shape index (κ1) is 14.4. The van der Waals surface area contributed by atoms with E-state index in [0.717, 1.165) is 43.4 Å². The van der Waals surface area contributed by atoms with Crippen molar-refractivity contribution in [2.24, 2.45) is 0 Å². The normalized spacial score (nSPS) is 16.6. The third-order valence-electron chi connectivity index (χ3n) is 3.62. The minimum Gasteiger partial charge on any atom is -0.368 e. The van der Waals surface area contributed by atoms with E-state index in [1.807, 2.05) is 23.5 Å². The highest BCUT2D eigenvalue weighted by molar-refractivity contribution is 9.10. The average Bonchev–Trinajstić information content (AvgIpc) is 2.86. The van der Waals surface area contributed by atoms with Gasteiger partial charge in [0.1, 0.15) is 0 Å². The van der Waals surface area contributed by atoms with Gasteiger partial charge in [0.15, 0.2) is 0 Å². The van der Waals surface area contributed by atoms with Crippen molar-refractivity contribution >= 4 is 44.6 Å². The minimum atomic E-state index is 0.849. The van der Waals surface area contributed by atoms with Gasteiger partial charge in [-0.2, -0.15) is 0 Å². The third-order valence-corrected chi connectivity index (χ3v) is 5.85. The zero-order chi connectivity index (χ0) is 13.9. The van der Waals surface area contributed by atoms with E-state index in [0.29, 0.717) is 0 Å². The van der Waals surface area contributed by atoms with Crippen LogP contribution in [0.4, 0.5) is 5.69 Å². The van der Waals surface area contributed by atoms with Crippen molar-refractivity contribution < 1.29 is 0 Å². The Morgan fingerprint density at radius 2 is 1.85 bits per heavy atom. The van der Waals surface area contributed by atoms with Crippen molar-refractivity contribution in [3.05, 3.63) is 50.1 Å². The molecule has 1 aromatic heterocycles. The fourth-order valence-electron chi connectivity index (χ4n) is 2.50. The number of nitrogens with zero attached hydrogens (tertiary/aromatic N) is 2. The van der Waals surface area contributed by atoms with Gasteiger partial charge in [-0.3, -0.25) is 4.90 Å². The monoisotopic (exact) mass is 370 g/mol.